The van der Waals surface area contributed by atoms with Crippen molar-refractivity contribution >= 4 is 11.6 Å². The molecule has 0 saturated heterocycles. The van der Waals surface area contributed by atoms with Crippen LogP contribution in [-0.2, 0) is 0 Å². The zero-order valence-corrected chi connectivity index (χ0v) is 6.81. The van der Waals surface area contributed by atoms with Gasteiger partial charge in [0.05, 0.1) is 5.02 Å². The summed E-state index contributed by atoms with van der Waals surface area (Å²) in [5, 5.41) is 9.30. The summed E-state index contributed by atoms with van der Waals surface area (Å²) in [5.41, 5.74) is 0.557. The van der Waals surface area contributed by atoms with Gasteiger partial charge in [-0.2, -0.15) is 0 Å². The Morgan fingerprint density at radius 2 is 2.33 bits per heavy atom. The fourth-order valence-corrected chi connectivity index (χ4v) is 1.36. The molecule has 1 heterocycles. The molecule has 1 unspecified atom stereocenters. The molecule has 12 heavy (non-hydrogen) atoms. The first-order valence-electron chi connectivity index (χ1n) is 3.48. The highest BCUT2D eigenvalue weighted by atomic mass is 35.5. The van der Waals surface area contributed by atoms with Crippen LogP contribution in [0, 0.1) is 5.82 Å². The molecule has 0 saturated carbocycles. The monoisotopic (exact) mass is 188 g/mol. The fourth-order valence-electron chi connectivity index (χ4n) is 1.19. The van der Waals surface area contributed by atoms with Crippen LogP contribution in [-0.4, -0.2) is 11.7 Å². The number of hydrogen-bond acceptors (Lipinski definition) is 2. The molecule has 2 nitrogen and oxygen atoms in total. The fraction of sp³-hybridized carbons (Fsp3) is 0.250. The molecule has 0 aliphatic carbocycles. The second-order valence-corrected chi connectivity index (χ2v) is 3.04. The maximum atomic E-state index is 12.8. The predicted molar refractivity (Wildman–Crippen MR) is 41.9 cm³/mol. The standard InChI is InChI=1S/C8H6ClFO2/c9-5-1-4-7(11)3-12-8(4)2-6(5)10/h1-2,7,11H,3H2. The van der Waals surface area contributed by atoms with E-state index in [4.69, 9.17) is 16.3 Å². The Kier molecular flexibility index (Phi) is 1.70. The number of aliphatic hydroxyl groups is 1. The number of halogens is 2. The van der Waals surface area contributed by atoms with Gasteiger partial charge in [-0.1, -0.05) is 11.6 Å². The quantitative estimate of drug-likeness (QED) is 0.674. The molecule has 1 aromatic rings. The molecular formula is C8H6ClFO2. The lowest BCUT2D eigenvalue weighted by Gasteiger charge is -2.00. The Morgan fingerprint density at radius 1 is 1.58 bits per heavy atom. The summed E-state index contributed by atoms with van der Waals surface area (Å²) in [6.45, 7) is 0.176. The van der Waals surface area contributed by atoms with Gasteiger partial charge in [0.25, 0.3) is 0 Å². The summed E-state index contributed by atoms with van der Waals surface area (Å²) in [4.78, 5) is 0. The summed E-state index contributed by atoms with van der Waals surface area (Å²) in [6, 6.07) is 2.58. The average molecular weight is 189 g/mol. The third-order valence-corrected chi connectivity index (χ3v) is 2.10. The lowest BCUT2D eigenvalue weighted by molar-refractivity contribution is 0.140. The molecule has 0 radical (unpaired) electrons. The van der Waals surface area contributed by atoms with Gasteiger partial charge >= 0.3 is 0 Å². The highest BCUT2D eigenvalue weighted by Crippen LogP contribution is 2.35. The SMILES string of the molecule is OC1COc2cc(F)c(Cl)cc21. The van der Waals surface area contributed by atoms with Crippen LogP contribution >= 0.6 is 11.6 Å². The highest BCUT2D eigenvalue weighted by molar-refractivity contribution is 6.30. The summed E-state index contributed by atoms with van der Waals surface area (Å²) in [7, 11) is 0. The maximum absolute atomic E-state index is 12.8. The van der Waals surface area contributed by atoms with E-state index in [0.717, 1.165) is 0 Å². The Bertz CT molecular complexity index is 327. The molecule has 4 heteroatoms. The Balaban J connectivity index is 2.56. The number of hydrogen-bond donors (Lipinski definition) is 1. The van der Waals surface area contributed by atoms with Crippen molar-refractivity contribution < 1.29 is 14.2 Å². The minimum atomic E-state index is -0.682. The van der Waals surface area contributed by atoms with Gasteiger partial charge in [0.2, 0.25) is 0 Å². The van der Waals surface area contributed by atoms with Crippen molar-refractivity contribution in [2.45, 2.75) is 6.10 Å². The van der Waals surface area contributed by atoms with Crippen molar-refractivity contribution in [2.24, 2.45) is 0 Å². The topological polar surface area (TPSA) is 29.5 Å². The van der Waals surface area contributed by atoms with Gasteiger partial charge in [-0.15, -0.1) is 0 Å². The van der Waals surface area contributed by atoms with Crippen molar-refractivity contribution in [1.29, 1.82) is 0 Å². The molecule has 0 fully saturated rings. The summed E-state index contributed by atoms with van der Waals surface area (Å²) < 4.78 is 17.8. The molecule has 1 aliphatic heterocycles. The first-order valence-corrected chi connectivity index (χ1v) is 3.86. The van der Waals surface area contributed by atoms with Crippen molar-refractivity contribution in [2.75, 3.05) is 6.61 Å². The number of aliphatic hydroxyl groups excluding tert-OH is 1. The third-order valence-electron chi connectivity index (χ3n) is 1.81. The zero-order valence-electron chi connectivity index (χ0n) is 6.05. The van der Waals surface area contributed by atoms with Crippen LogP contribution in [0.1, 0.15) is 11.7 Å². The predicted octanol–water partition coefficient (Wildman–Crippen LogP) is 1.90. The first-order chi connectivity index (χ1) is 5.68. The second-order valence-electron chi connectivity index (χ2n) is 2.63. The maximum Gasteiger partial charge on any atom is 0.145 e. The number of ether oxygens (including phenoxy) is 1. The van der Waals surface area contributed by atoms with E-state index >= 15 is 0 Å². The zero-order chi connectivity index (χ0) is 8.72. The molecule has 1 aliphatic rings. The summed E-state index contributed by atoms with van der Waals surface area (Å²) in [5.74, 6) is -0.145. The minimum absolute atomic E-state index is 0.0123. The second kappa shape index (κ2) is 2.61. The van der Waals surface area contributed by atoms with E-state index in [0.29, 0.717) is 11.3 Å². The van der Waals surface area contributed by atoms with E-state index in [9.17, 15) is 9.50 Å². The first kappa shape index (κ1) is 7.83. The Hall–Kier alpha value is -0.800. The molecule has 2 rings (SSSR count). The van der Waals surface area contributed by atoms with Crippen LogP contribution in [0.2, 0.25) is 5.02 Å². The van der Waals surface area contributed by atoms with Gasteiger partial charge in [-0.05, 0) is 6.07 Å². The molecule has 1 atom stereocenters. The van der Waals surface area contributed by atoms with Gasteiger partial charge in [0, 0.05) is 11.6 Å². The van der Waals surface area contributed by atoms with E-state index in [-0.39, 0.29) is 11.6 Å². The van der Waals surface area contributed by atoms with Crippen LogP contribution in [0.3, 0.4) is 0 Å². The summed E-state index contributed by atoms with van der Waals surface area (Å²) >= 11 is 5.52. The van der Waals surface area contributed by atoms with Gasteiger partial charge in [-0.3, -0.25) is 0 Å². The highest BCUT2D eigenvalue weighted by Gasteiger charge is 2.23. The van der Waals surface area contributed by atoms with E-state index in [1.807, 2.05) is 0 Å². The van der Waals surface area contributed by atoms with Gasteiger partial charge < -0.3 is 9.84 Å². The van der Waals surface area contributed by atoms with Gasteiger partial charge in [0.1, 0.15) is 24.3 Å². The van der Waals surface area contributed by atoms with E-state index in [1.54, 1.807) is 0 Å². The molecule has 1 aromatic carbocycles. The average Bonchev–Trinajstić information content (AvgIpc) is 2.35. The Labute approximate surface area is 73.5 Å². The van der Waals surface area contributed by atoms with E-state index in [2.05, 4.69) is 0 Å². The van der Waals surface area contributed by atoms with Crippen molar-refractivity contribution in [3.05, 3.63) is 28.5 Å². The van der Waals surface area contributed by atoms with Crippen LogP contribution in [0.25, 0.3) is 0 Å². The Morgan fingerprint density at radius 3 is 3.08 bits per heavy atom. The molecule has 0 aromatic heterocycles. The molecule has 1 N–H and O–H groups in total. The normalized spacial score (nSPS) is 20.4. The summed E-state index contributed by atoms with van der Waals surface area (Å²) in [6.07, 6.45) is -0.682. The van der Waals surface area contributed by atoms with Crippen molar-refractivity contribution in [3.63, 3.8) is 0 Å². The van der Waals surface area contributed by atoms with Crippen LogP contribution in [0.5, 0.6) is 5.75 Å². The lowest BCUT2D eigenvalue weighted by atomic mass is 10.1. The molecule has 64 valence electrons. The lowest BCUT2D eigenvalue weighted by Crippen LogP contribution is -1.97. The van der Waals surface area contributed by atoms with E-state index in [1.165, 1.54) is 12.1 Å². The van der Waals surface area contributed by atoms with E-state index < -0.39 is 11.9 Å². The number of fused-ring (bicyclic) bond motifs is 1. The minimum Gasteiger partial charge on any atom is -0.490 e. The molecule has 0 spiro atoms. The van der Waals surface area contributed by atoms with Crippen LogP contribution < -0.4 is 4.74 Å². The van der Waals surface area contributed by atoms with Gasteiger partial charge in [0.15, 0.2) is 0 Å². The van der Waals surface area contributed by atoms with Crippen molar-refractivity contribution in [3.8, 4) is 5.75 Å². The molecular weight excluding hydrogens is 183 g/mol. The largest absolute Gasteiger partial charge is 0.490 e. The molecule has 0 amide bonds. The number of benzene rings is 1. The smallest absolute Gasteiger partial charge is 0.145 e. The van der Waals surface area contributed by atoms with Crippen LogP contribution in [0.4, 0.5) is 4.39 Å². The van der Waals surface area contributed by atoms with Crippen molar-refractivity contribution in [1.82, 2.24) is 0 Å². The van der Waals surface area contributed by atoms with Crippen LogP contribution in [0.15, 0.2) is 12.1 Å². The number of rotatable bonds is 0. The van der Waals surface area contributed by atoms with Gasteiger partial charge in [-0.25, -0.2) is 4.39 Å². The molecule has 0 bridgehead atoms. The third kappa shape index (κ3) is 1.06.